The summed E-state index contributed by atoms with van der Waals surface area (Å²) in [6.45, 7) is 13.1. The molecule has 0 aromatic rings. The fourth-order valence-corrected chi connectivity index (χ4v) is 16.0. The molecule has 0 aromatic heterocycles. The number of fused-ring (bicyclic) bond motifs is 7. The highest BCUT2D eigenvalue weighted by atomic mass is 16.8. The summed E-state index contributed by atoms with van der Waals surface area (Å²) in [5, 5.41) is 128. The lowest BCUT2D eigenvalue weighted by molar-refractivity contribution is -0.361. The van der Waals surface area contributed by atoms with Crippen molar-refractivity contribution in [2.24, 2.45) is 50.2 Å². The number of hydrogen-bond donors (Lipinski definition) is 12. The minimum atomic E-state index is -1.88. The third-order valence-electron chi connectivity index (χ3n) is 20.9. The predicted molar refractivity (Wildman–Crippen MR) is 256 cm³/mol. The molecule has 9 rings (SSSR count). The van der Waals surface area contributed by atoms with E-state index in [-0.39, 0.29) is 46.0 Å². The molecule has 0 radical (unpaired) electrons. The number of carbonyl (C=O) groups excluding carboxylic acids is 2. The topological polar surface area (TPSA) is 351 Å². The average Bonchev–Trinajstić information content (AvgIpc) is 3.37. The van der Waals surface area contributed by atoms with Crippen molar-refractivity contribution in [2.75, 3.05) is 19.8 Å². The number of aldehydes is 1. The van der Waals surface area contributed by atoms with Gasteiger partial charge in [0.05, 0.1) is 42.9 Å². The van der Waals surface area contributed by atoms with Crippen LogP contribution in [0.5, 0.6) is 0 Å². The largest absolute Gasteiger partial charge is 0.432 e. The minimum Gasteiger partial charge on any atom is -0.432 e. The SMILES string of the molecule is C[C@@H]1O[C@@H](O[C@H]2[C@H](O)[C@@H](O)[C@H](OC[C@H]3O[C@@H](OC(=O)[C@]45CCC(C)(C)C[C@H]4C4=CC[C@@H]6[C@@]7(C)CC[C@H](O[C@@H]8OC[C@H](O)[C@H](O)[C@H]8O)[C@@](C)(C=O)[C@@H]7CC[C@@]6(C)[C@]4(C)CC5)[C@H](O)[C@@H](O)[C@@H]3O)O[C@@H]2CO)[C@H](O)[C@H](O)[C@H]1O. The summed E-state index contributed by atoms with van der Waals surface area (Å²) >= 11 is 0. The number of aliphatic hydroxyl groups is 12. The van der Waals surface area contributed by atoms with E-state index in [0.717, 1.165) is 25.5 Å². The lowest BCUT2D eigenvalue weighted by Crippen LogP contribution is -2.66. The number of rotatable bonds is 11. The fraction of sp³-hybridized carbons (Fsp3) is 0.925. The van der Waals surface area contributed by atoms with Gasteiger partial charge in [0.15, 0.2) is 18.9 Å². The van der Waals surface area contributed by atoms with Gasteiger partial charge in [-0.2, -0.15) is 0 Å². The minimum absolute atomic E-state index is 0.0862. The normalized spacial score (nSPS) is 54.8. The highest BCUT2D eigenvalue weighted by Gasteiger charge is 2.71. The lowest BCUT2D eigenvalue weighted by atomic mass is 9.33. The molecule has 0 amide bonds. The lowest BCUT2D eigenvalue weighted by Gasteiger charge is -2.71. The monoisotopic (exact) mass is 1070 g/mol. The summed E-state index contributed by atoms with van der Waals surface area (Å²) in [6, 6.07) is 0. The quantitative estimate of drug-likeness (QED) is 0.0501. The molecule has 8 fully saturated rings. The second kappa shape index (κ2) is 20.9. The Morgan fingerprint density at radius 1 is 0.667 bits per heavy atom. The molecule has 0 aromatic carbocycles. The number of esters is 1. The second-order valence-corrected chi connectivity index (χ2v) is 25.5. The van der Waals surface area contributed by atoms with E-state index < -0.39 is 153 Å². The van der Waals surface area contributed by atoms with Crippen LogP contribution in [0.3, 0.4) is 0 Å². The molecule has 4 heterocycles. The number of hydrogen-bond acceptors (Lipinski definition) is 22. The van der Waals surface area contributed by atoms with E-state index in [1.165, 1.54) is 12.5 Å². The molecular formula is C53H84O22. The molecule has 4 aliphatic heterocycles. The van der Waals surface area contributed by atoms with Gasteiger partial charge in [0, 0.05) is 0 Å². The fourth-order valence-electron chi connectivity index (χ4n) is 16.0. The van der Waals surface area contributed by atoms with E-state index in [0.29, 0.717) is 44.9 Å². The molecule has 22 heteroatoms. The molecule has 9 aliphatic rings. The van der Waals surface area contributed by atoms with Gasteiger partial charge in [-0.05, 0) is 111 Å². The van der Waals surface area contributed by atoms with Crippen molar-refractivity contribution in [2.45, 2.75) is 235 Å². The molecule has 0 spiro atoms. The van der Waals surface area contributed by atoms with Gasteiger partial charge in [0.25, 0.3) is 0 Å². The molecule has 5 aliphatic carbocycles. The van der Waals surface area contributed by atoms with Crippen LogP contribution in [0, 0.1) is 50.2 Å². The van der Waals surface area contributed by atoms with Crippen LogP contribution in [0.1, 0.15) is 113 Å². The van der Waals surface area contributed by atoms with E-state index in [1.54, 1.807) is 0 Å². The molecule has 4 saturated carbocycles. The first-order valence-corrected chi connectivity index (χ1v) is 27.1. The van der Waals surface area contributed by atoms with Gasteiger partial charge < -0.3 is 104 Å². The van der Waals surface area contributed by atoms with E-state index in [1.807, 2.05) is 6.92 Å². The second-order valence-electron chi connectivity index (χ2n) is 25.5. The van der Waals surface area contributed by atoms with Crippen molar-refractivity contribution >= 4 is 12.3 Å². The Hall–Kier alpha value is -1.88. The zero-order valence-corrected chi connectivity index (χ0v) is 44.1. The van der Waals surface area contributed by atoms with E-state index >= 15 is 4.79 Å². The van der Waals surface area contributed by atoms with E-state index in [2.05, 4.69) is 40.7 Å². The highest BCUT2D eigenvalue weighted by Crippen LogP contribution is 2.76. The van der Waals surface area contributed by atoms with Crippen molar-refractivity contribution < 1.29 is 109 Å². The smallest absolute Gasteiger partial charge is 0.315 e. The number of ether oxygens (including phenoxy) is 8. The van der Waals surface area contributed by atoms with Crippen LogP contribution in [0.15, 0.2) is 11.6 Å². The molecule has 0 bridgehead atoms. The van der Waals surface area contributed by atoms with Gasteiger partial charge >= 0.3 is 5.97 Å². The molecule has 0 unspecified atom stereocenters. The highest BCUT2D eigenvalue weighted by molar-refractivity contribution is 5.79. The Morgan fingerprint density at radius 3 is 2.00 bits per heavy atom. The summed E-state index contributed by atoms with van der Waals surface area (Å²) in [6.07, 6.45) is -20.8. The van der Waals surface area contributed by atoms with Crippen LogP contribution in [-0.4, -0.2) is 216 Å². The maximum Gasteiger partial charge on any atom is 0.315 e. The molecule has 75 heavy (non-hydrogen) atoms. The number of aliphatic hydroxyl groups excluding tert-OH is 12. The van der Waals surface area contributed by atoms with Crippen LogP contribution in [0.4, 0.5) is 0 Å². The van der Waals surface area contributed by atoms with Crippen LogP contribution < -0.4 is 0 Å². The first-order chi connectivity index (χ1) is 35.1. The van der Waals surface area contributed by atoms with Gasteiger partial charge in [0.1, 0.15) is 91.7 Å². The van der Waals surface area contributed by atoms with Gasteiger partial charge in [-0.1, -0.05) is 53.2 Å². The molecule has 28 atom stereocenters. The summed E-state index contributed by atoms with van der Waals surface area (Å²) in [4.78, 5) is 28.5. The van der Waals surface area contributed by atoms with Gasteiger partial charge in [-0.25, -0.2) is 0 Å². The molecular weight excluding hydrogens is 989 g/mol. The zero-order valence-electron chi connectivity index (χ0n) is 44.1. The zero-order chi connectivity index (χ0) is 54.7. The van der Waals surface area contributed by atoms with E-state index in [4.69, 9.17) is 37.9 Å². The molecule has 12 N–H and O–H groups in total. The van der Waals surface area contributed by atoms with E-state index in [9.17, 15) is 66.1 Å². The standard InChI is InChI=1S/C53H84O22/c1-23-32(57)35(60)39(64)45(70-23)74-42-27(19-54)71-43(41(66)37(42)62)69-21-28-34(59)36(61)40(65)46(72-28)75-47(67)53-16-14-48(2,3)18-25(53)24-8-9-30-49(4)12-11-31(73-44-38(63)33(58)26(56)20-68-44)50(5,22-55)29(49)10-13-52(30,7)51(24,6)15-17-53/h8,22-23,25-46,54,56-66H,9-21H2,1-7H3/t23-,25-,26-,27+,28+,29+,30+,31-,32-,33-,34+,35+,36-,37+,38+,39+,40+,41+,42+,43+,44-,45-,46-,49-,50-,51+,52+,53-/m0/s1. The Balaban J connectivity index is 0.899. The number of allylic oxidation sites excluding steroid dienone is 2. The first-order valence-electron chi connectivity index (χ1n) is 27.1. The summed E-state index contributed by atoms with van der Waals surface area (Å²) in [5.41, 5.74) is -1.88. The Morgan fingerprint density at radius 2 is 1.31 bits per heavy atom. The summed E-state index contributed by atoms with van der Waals surface area (Å²) < 4.78 is 46.8. The van der Waals surface area contributed by atoms with Gasteiger partial charge in [0.2, 0.25) is 6.29 Å². The maximum absolute atomic E-state index is 15.1. The average molecular weight is 1070 g/mol. The Kier molecular flexibility index (Phi) is 16.1. The van der Waals surface area contributed by atoms with Crippen molar-refractivity contribution in [3.05, 3.63) is 11.6 Å². The van der Waals surface area contributed by atoms with Crippen LogP contribution in [0.2, 0.25) is 0 Å². The van der Waals surface area contributed by atoms with Crippen molar-refractivity contribution in [3.8, 4) is 0 Å². The van der Waals surface area contributed by atoms with Crippen molar-refractivity contribution in [1.29, 1.82) is 0 Å². The maximum atomic E-state index is 15.1. The molecule has 22 nitrogen and oxygen atoms in total. The van der Waals surface area contributed by atoms with Crippen molar-refractivity contribution in [3.63, 3.8) is 0 Å². The Labute approximate surface area is 437 Å². The van der Waals surface area contributed by atoms with Crippen molar-refractivity contribution in [1.82, 2.24) is 0 Å². The van der Waals surface area contributed by atoms with Gasteiger partial charge in [-0.3, -0.25) is 4.79 Å². The Bertz CT molecular complexity index is 2100. The molecule has 428 valence electrons. The van der Waals surface area contributed by atoms with Crippen LogP contribution >= 0.6 is 0 Å². The van der Waals surface area contributed by atoms with Gasteiger partial charge in [-0.15, -0.1) is 0 Å². The van der Waals surface area contributed by atoms with Crippen LogP contribution in [0.25, 0.3) is 0 Å². The predicted octanol–water partition coefficient (Wildman–Crippen LogP) is -1.19. The van der Waals surface area contributed by atoms with Crippen LogP contribution in [-0.2, 0) is 47.5 Å². The summed E-state index contributed by atoms with van der Waals surface area (Å²) in [7, 11) is 0. The third kappa shape index (κ3) is 9.41. The molecule has 4 saturated heterocycles. The first kappa shape index (κ1) is 57.8. The number of carbonyl (C=O) groups is 2. The summed E-state index contributed by atoms with van der Waals surface area (Å²) in [5.74, 6) is -0.808. The third-order valence-corrected chi connectivity index (χ3v) is 20.9.